The van der Waals surface area contributed by atoms with Gasteiger partial charge in [-0.25, -0.2) is 0 Å². The van der Waals surface area contributed by atoms with Crippen LogP contribution in [0, 0.1) is 0 Å². The molecule has 0 fully saturated rings. The third-order valence-electron chi connectivity index (χ3n) is 3.00. The van der Waals surface area contributed by atoms with Crippen molar-refractivity contribution in [1.82, 2.24) is 9.88 Å². The highest BCUT2D eigenvalue weighted by Crippen LogP contribution is 2.25. The highest BCUT2D eigenvalue weighted by atomic mass is 16.2. The summed E-state index contributed by atoms with van der Waals surface area (Å²) in [4.78, 5) is 22.5. The predicted octanol–water partition coefficient (Wildman–Crippen LogP) is 1.52. The van der Waals surface area contributed by atoms with Gasteiger partial charge in [-0.05, 0) is 24.3 Å². The van der Waals surface area contributed by atoms with Gasteiger partial charge in [0.05, 0.1) is 23.0 Å². The van der Waals surface area contributed by atoms with Crippen molar-refractivity contribution in [2.45, 2.75) is 6.04 Å². The number of pyridine rings is 1. The summed E-state index contributed by atoms with van der Waals surface area (Å²) in [6.07, 6.45) is 9.11. The van der Waals surface area contributed by atoms with Crippen LogP contribution in [0.4, 0.5) is 0 Å². The number of aliphatic imine (C=N–C) groups is 1. The standard InChI is InChI=1S/C13H11N3O/c1-16-12-5-3-7-15-11(12)8-10-9(13(16)17)4-2-6-14-10/h2-8,12H,1H3. The fourth-order valence-electron chi connectivity index (χ4n) is 2.08. The average Bonchev–Trinajstić information content (AvgIpc) is 2.48. The smallest absolute Gasteiger partial charge is 0.256 e. The van der Waals surface area contributed by atoms with Gasteiger partial charge in [-0.3, -0.25) is 14.8 Å². The lowest BCUT2D eigenvalue weighted by molar-refractivity contribution is 0.0778. The molecule has 4 heteroatoms. The minimum atomic E-state index is -0.0956. The number of amides is 1. The van der Waals surface area contributed by atoms with Gasteiger partial charge in [-0.2, -0.15) is 0 Å². The number of hydrogen-bond acceptors (Lipinski definition) is 3. The van der Waals surface area contributed by atoms with E-state index in [1.165, 1.54) is 0 Å². The minimum Gasteiger partial charge on any atom is -0.330 e. The summed E-state index contributed by atoms with van der Waals surface area (Å²) >= 11 is 0. The molecule has 0 spiro atoms. The Morgan fingerprint density at radius 2 is 2.29 bits per heavy atom. The molecule has 0 saturated heterocycles. The molecule has 1 atom stereocenters. The number of dihydropyridines is 1. The van der Waals surface area contributed by atoms with Crippen molar-refractivity contribution in [3.05, 3.63) is 47.4 Å². The highest BCUT2D eigenvalue weighted by Gasteiger charge is 2.28. The van der Waals surface area contributed by atoms with Crippen LogP contribution in [0.2, 0.25) is 0 Å². The number of hydrogen-bond donors (Lipinski definition) is 0. The fourth-order valence-corrected chi connectivity index (χ4v) is 2.08. The number of allylic oxidation sites excluding steroid dienone is 1. The van der Waals surface area contributed by atoms with Crippen LogP contribution in [0.15, 0.2) is 41.2 Å². The number of aromatic nitrogens is 1. The van der Waals surface area contributed by atoms with Crippen LogP contribution in [-0.2, 0) is 0 Å². The van der Waals surface area contributed by atoms with Crippen LogP contribution in [0.1, 0.15) is 16.1 Å². The molecule has 1 aromatic rings. The molecule has 3 rings (SSSR count). The predicted molar refractivity (Wildman–Crippen MR) is 65.7 cm³/mol. The van der Waals surface area contributed by atoms with Crippen LogP contribution in [0.25, 0.3) is 6.08 Å². The van der Waals surface area contributed by atoms with E-state index in [2.05, 4.69) is 9.98 Å². The van der Waals surface area contributed by atoms with E-state index in [0.29, 0.717) is 11.3 Å². The van der Waals surface area contributed by atoms with Crippen molar-refractivity contribution in [3.63, 3.8) is 0 Å². The van der Waals surface area contributed by atoms with Crippen molar-refractivity contribution >= 4 is 18.2 Å². The molecule has 0 aromatic carbocycles. The lowest BCUT2D eigenvalue weighted by Gasteiger charge is -2.25. The van der Waals surface area contributed by atoms with Gasteiger partial charge in [0, 0.05) is 19.5 Å². The summed E-state index contributed by atoms with van der Waals surface area (Å²) in [6, 6.07) is 3.47. The first-order chi connectivity index (χ1) is 8.27. The summed E-state index contributed by atoms with van der Waals surface area (Å²) in [6.45, 7) is 0. The monoisotopic (exact) mass is 225 g/mol. The van der Waals surface area contributed by atoms with E-state index < -0.39 is 0 Å². The molecule has 0 radical (unpaired) electrons. The SMILES string of the molecule is CN1C(=O)c2cccnc2C=C2N=CC=CC21. The molecule has 84 valence electrons. The zero-order valence-corrected chi connectivity index (χ0v) is 9.37. The first kappa shape index (κ1) is 9.96. The molecule has 0 bridgehead atoms. The molecule has 0 aliphatic carbocycles. The van der Waals surface area contributed by atoms with Crippen molar-refractivity contribution < 1.29 is 4.79 Å². The summed E-state index contributed by atoms with van der Waals surface area (Å²) in [5.74, 6) is -0.0221. The van der Waals surface area contributed by atoms with Crippen LogP contribution in [0.5, 0.6) is 0 Å². The number of fused-ring (bicyclic) bond motifs is 2. The summed E-state index contributed by atoms with van der Waals surface area (Å²) in [5, 5.41) is 0. The van der Waals surface area contributed by atoms with E-state index in [1.54, 1.807) is 36.5 Å². The number of likely N-dealkylation sites (N-methyl/N-ethyl adjacent to an activating group) is 1. The van der Waals surface area contributed by atoms with Crippen molar-refractivity contribution in [3.8, 4) is 0 Å². The third-order valence-corrected chi connectivity index (χ3v) is 3.00. The number of carbonyl (C=O) groups is 1. The normalized spacial score (nSPS) is 21.7. The molecule has 1 amide bonds. The van der Waals surface area contributed by atoms with Gasteiger partial charge in [-0.1, -0.05) is 6.08 Å². The number of rotatable bonds is 0. The zero-order chi connectivity index (χ0) is 11.8. The fraction of sp³-hybridized carbons (Fsp3) is 0.154. The van der Waals surface area contributed by atoms with Crippen LogP contribution in [-0.4, -0.2) is 35.1 Å². The van der Waals surface area contributed by atoms with Gasteiger partial charge in [-0.15, -0.1) is 0 Å². The van der Waals surface area contributed by atoms with Crippen molar-refractivity contribution in [2.75, 3.05) is 7.05 Å². The molecule has 0 saturated carbocycles. The van der Waals surface area contributed by atoms with Gasteiger partial charge >= 0.3 is 0 Å². The Morgan fingerprint density at radius 3 is 3.18 bits per heavy atom. The maximum absolute atomic E-state index is 12.3. The van der Waals surface area contributed by atoms with Crippen molar-refractivity contribution in [1.29, 1.82) is 0 Å². The van der Waals surface area contributed by atoms with Gasteiger partial charge in [0.2, 0.25) is 0 Å². The molecular formula is C13H11N3O. The minimum absolute atomic E-state index is 0.0221. The van der Waals surface area contributed by atoms with E-state index in [9.17, 15) is 4.79 Å². The summed E-state index contributed by atoms with van der Waals surface area (Å²) in [7, 11) is 1.79. The average molecular weight is 225 g/mol. The molecule has 1 unspecified atom stereocenters. The lowest BCUT2D eigenvalue weighted by atomic mass is 10.1. The Balaban J connectivity index is 2.21. The van der Waals surface area contributed by atoms with Gasteiger partial charge in [0.15, 0.2) is 0 Å². The Labute approximate surface area is 99.0 Å². The molecule has 1 aromatic heterocycles. The topological polar surface area (TPSA) is 45.6 Å². The molecular weight excluding hydrogens is 214 g/mol. The maximum atomic E-state index is 12.3. The van der Waals surface area contributed by atoms with Crippen LogP contribution in [0.3, 0.4) is 0 Å². The molecule has 2 aliphatic heterocycles. The highest BCUT2D eigenvalue weighted by molar-refractivity contribution is 5.99. The molecule has 0 N–H and O–H groups in total. The summed E-state index contributed by atoms with van der Waals surface area (Å²) in [5.41, 5.74) is 2.16. The number of nitrogens with zero attached hydrogens (tertiary/aromatic N) is 3. The second kappa shape index (κ2) is 3.66. The lowest BCUT2D eigenvalue weighted by Crippen LogP contribution is -2.36. The molecule has 17 heavy (non-hydrogen) atoms. The Morgan fingerprint density at radius 1 is 1.41 bits per heavy atom. The Kier molecular flexibility index (Phi) is 2.14. The zero-order valence-electron chi connectivity index (χ0n) is 9.37. The molecule has 4 nitrogen and oxygen atoms in total. The molecule has 3 heterocycles. The second-order valence-electron chi connectivity index (χ2n) is 4.03. The van der Waals surface area contributed by atoms with E-state index in [0.717, 1.165) is 5.70 Å². The third kappa shape index (κ3) is 1.49. The number of carbonyl (C=O) groups excluding carboxylic acids is 1. The van der Waals surface area contributed by atoms with E-state index in [-0.39, 0.29) is 11.9 Å². The van der Waals surface area contributed by atoms with Gasteiger partial charge < -0.3 is 4.90 Å². The largest absolute Gasteiger partial charge is 0.330 e. The molecule has 2 aliphatic rings. The van der Waals surface area contributed by atoms with E-state index >= 15 is 0 Å². The quantitative estimate of drug-likeness (QED) is 0.672. The maximum Gasteiger partial charge on any atom is 0.256 e. The Bertz CT molecular complexity index is 572. The first-order valence-electron chi connectivity index (χ1n) is 5.42. The Hall–Kier alpha value is -2.23. The van der Waals surface area contributed by atoms with E-state index in [1.807, 2.05) is 18.2 Å². The van der Waals surface area contributed by atoms with E-state index in [4.69, 9.17) is 0 Å². The first-order valence-corrected chi connectivity index (χ1v) is 5.42. The van der Waals surface area contributed by atoms with Crippen LogP contribution < -0.4 is 0 Å². The second-order valence-corrected chi connectivity index (χ2v) is 4.03. The van der Waals surface area contributed by atoms with Crippen molar-refractivity contribution in [2.24, 2.45) is 4.99 Å². The van der Waals surface area contributed by atoms with Gasteiger partial charge in [0.1, 0.15) is 0 Å². The van der Waals surface area contributed by atoms with Crippen LogP contribution >= 0.6 is 0 Å². The summed E-state index contributed by atoms with van der Waals surface area (Å²) < 4.78 is 0. The van der Waals surface area contributed by atoms with Gasteiger partial charge in [0.25, 0.3) is 5.91 Å².